The lowest BCUT2D eigenvalue weighted by Gasteiger charge is -2.00. The average molecular weight is 226 g/mol. The van der Waals surface area contributed by atoms with E-state index >= 15 is 0 Å². The lowest BCUT2D eigenvalue weighted by molar-refractivity contribution is -0.386. The molecule has 0 spiro atoms. The van der Waals surface area contributed by atoms with E-state index in [1.54, 1.807) is 0 Å². The minimum Gasteiger partial charge on any atom is -0.502 e. The Morgan fingerprint density at radius 3 is 2.69 bits per heavy atom. The quantitative estimate of drug-likeness (QED) is 0.454. The molecular formula is C9H7FN2O4. The van der Waals surface area contributed by atoms with Gasteiger partial charge in [0.2, 0.25) is 11.7 Å². The Balaban J connectivity index is 3.29. The van der Waals surface area contributed by atoms with E-state index in [-0.39, 0.29) is 5.56 Å². The zero-order valence-electron chi connectivity index (χ0n) is 7.88. The van der Waals surface area contributed by atoms with Gasteiger partial charge in [0.1, 0.15) is 5.82 Å². The number of amides is 1. The Bertz CT molecular complexity index is 485. The fraction of sp³-hybridized carbons (Fsp3) is 0. The molecule has 1 rings (SSSR count). The van der Waals surface area contributed by atoms with E-state index in [0.29, 0.717) is 6.07 Å². The lowest BCUT2D eigenvalue weighted by Crippen LogP contribution is -2.05. The van der Waals surface area contributed by atoms with Crippen molar-refractivity contribution in [1.29, 1.82) is 0 Å². The van der Waals surface area contributed by atoms with Crippen LogP contribution in [0.4, 0.5) is 10.1 Å². The molecule has 0 aromatic heterocycles. The number of primary amides is 1. The number of nitrogens with zero attached hydrogens (tertiary/aromatic N) is 1. The Labute approximate surface area is 89.0 Å². The van der Waals surface area contributed by atoms with Crippen molar-refractivity contribution >= 4 is 17.7 Å². The molecule has 0 bridgehead atoms. The second-order valence-electron chi connectivity index (χ2n) is 2.86. The molecule has 1 aromatic carbocycles. The minimum atomic E-state index is -0.931. The van der Waals surface area contributed by atoms with Crippen LogP contribution in [0, 0.1) is 15.9 Å². The molecule has 0 aliphatic heterocycles. The largest absolute Gasteiger partial charge is 0.502 e. The van der Waals surface area contributed by atoms with Gasteiger partial charge < -0.3 is 10.8 Å². The molecule has 16 heavy (non-hydrogen) atoms. The second-order valence-corrected chi connectivity index (χ2v) is 2.86. The van der Waals surface area contributed by atoms with Gasteiger partial charge in [-0.15, -0.1) is 0 Å². The molecule has 6 nitrogen and oxygen atoms in total. The summed E-state index contributed by atoms with van der Waals surface area (Å²) in [7, 11) is 0. The number of halogens is 1. The van der Waals surface area contributed by atoms with Crippen molar-refractivity contribution in [3.8, 4) is 5.75 Å². The number of carbonyl (C=O) groups excluding carboxylic acids is 1. The van der Waals surface area contributed by atoms with Crippen molar-refractivity contribution in [1.82, 2.24) is 0 Å². The first kappa shape index (κ1) is 11.6. The number of aromatic hydroxyl groups is 1. The SMILES string of the molecule is NC(=O)C=Cc1cc(F)cc([N+](=O)[O-])c1O. The molecule has 1 amide bonds. The van der Waals surface area contributed by atoms with E-state index in [1.807, 2.05) is 0 Å². The Morgan fingerprint density at radius 1 is 1.56 bits per heavy atom. The van der Waals surface area contributed by atoms with Crippen molar-refractivity contribution in [2.45, 2.75) is 0 Å². The van der Waals surface area contributed by atoms with Gasteiger partial charge in [-0.2, -0.15) is 0 Å². The monoisotopic (exact) mass is 226 g/mol. The van der Waals surface area contributed by atoms with Gasteiger partial charge >= 0.3 is 5.69 Å². The van der Waals surface area contributed by atoms with Gasteiger partial charge in [0.05, 0.1) is 11.0 Å². The molecule has 0 aliphatic carbocycles. The van der Waals surface area contributed by atoms with Gasteiger partial charge in [0.25, 0.3) is 0 Å². The predicted molar refractivity (Wildman–Crippen MR) is 52.9 cm³/mol. The summed E-state index contributed by atoms with van der Waals surface area (Å²) in [5.74, 6) is -2.43. The van der Waals surface area contributed by atoms with Gasteiger partial charge in [-0.25, -0.2) is 4.39 Å². The van der Waals surface area contributed by atoms with Crippen LogP contribution in [0.2, 0.25) is 0 Å². The third kappa shape index (κ3) is 2.53. The van der Waals surface area contributed by atoms with Crippen molar-refractivity contribution in [3.63, 3.8) is 0 Å². The maximum absolute atomic E-state index is 12.9. The van der Waals surface area contributed by atoms with E-state index < -0.39 is 28.1 Å². The number of benzene rings is 1. The van der Waals surface area contributed by atoms with Crippen LogP contribution in [-0.4, -0.2) is 15.9 Å². The van der Waals surface area contributed by atoms with Gasteiger partial charge in [0, 0.05) is 11.6 Å². The number of phenols is 1. The number of carbonyl (C=O) groups is 1. The topological polar surface area (TPSA) is 106 Å². The summed E-state index contributed by atoms with van der Waals surface area (Å²) in [6.45, 7) is 0. The van der Waals surface area contributed by atoms with E-state index in [4.69, 9.17) is 5.73 Å². The van der Waals surface area contributed by atoms with Crippen LogP contribution in [0.15, 0.2) is 18.2 Å². The molecule has 7 heteroatoms. The molecule has 0 saturated heterocycles. The van der Waals surface area contributed by atoms with Gasteiger partial charge in [0.15, 0.2) is 0 Å². The second kappa shape index (κ2) is 4.39. The molecule has 0 fully saturated rings. The summed E-state index contributed by atoms with van der Waals surface area (Å²) in [6, 6.07) is 1.43. The van der Waals surface area contributed by atoms with E-state index in [2.05, 4.69) is 0 Å². The maximum atomic E-state index is 12.9. The summed E-state index contributed by atoms with van der Waals surface area (Å²) >= 11 is 0. The molecule has 0 saturated carbocycles. The normalized spacial score (nSPS) is 10.6. The third-order valence-corrected chi connectivity index (χ3v) is 1.71. The zero-order valence-corrected chi connectivity index (χ0v) is 7.88. The highest BCUT2D eigenvalue weighted by Crippen LogP contribution is 2.31. The highest BCUT2D eigenvalue weighted by molar-refractivity contribution is 5.90. The smallest absolute Gasteiger partial charge is 0.314 e. The van der Waals surface area contributed by atoms with E-state index in [9.17, 15) is 24.4 Å². The molecule has 1 aromatic rings. The number of nitro groups is 1. The Hall–Kier alpha value is -2.44. The zero-order chi connectivity index (χ0) is 12.3. The first-order valence-corrected chi connectivity index (χ1v) is 4.06. The molecule has 0 aliphatic rings. The molecule has 0 radical (unpaired) electrons. The van der Waals surface area contributed by atoms with Crippen molar-refractivity contribution in [2.75, 3.05) is 0 Å². The molecule has 0 atom stereocenters. The standard InChI is InChI=1S/C9H7FN2O4/c10-6-3-5(1-2-8(11)13)9(14)7(4-6)12(15)16/h1-4,14H,(H2,11,13). The van der Waals surface area contributed by atoms with Crippen LogP contribution in [-0.2, 0) is 4.79 Å². The number of phenolic OH excluding ortho intramolecular Hbond substituents is 1. The molecular weight excluding hydrogens is 219 g/mol. The summed E-state index contributed by atoms with van der Waals surface area (Å²) in [4.78, 5) is 19.9. The fourth-order valence-electron chi connectivity index (χ4n) is 1.04. The average Bonchev–Trinajstić information content (AvgIpc) is 2.18. The van der Waals surface area contributed by atoms with E-state index in [1.165, 1.54) is 0 Å². The summed E-state index contributed by atoms with van der Waals surface area (Å²) in [6.07, 6.45) is 1.85. The van der Waals surface area contributed by atoms with Crippen molar-refractivity contribution in [2.24, 2.45) is 5.73 Å². The summed E-state index contributed by atoms with van der Waals surface area (Å²) in [5, 5.41) is 19.8. The first-order chi connectivity index (χ1) is 7.41. The van der Waals surface area contributed by atoms with Gasteiger partial charge in [-0.3, -0.25) is 14.9 Å². The van der Waals surface area contributed by atoms with Crippen LogP contribution < -0.4 is 5.73 Å². The first-order valence-electron chi connectivity index (χ1n) is 4.06. The molecule has 0 unspecified atom stereocenters. The summed E-state index contributed by atoms with van der Waals surface area (Å²) in [5.41, 5.74) is 3.83. The third-order valence-electron chi connectivity index (χ3n) is 1.71. The number of hydrogen-bond acceptors (Lipinski definition) is 4. The van der Waals surface area contributed by atoms with Crippen LogP contribution in [0.1, 0.15) is 5.56 Å². The van der Waals surface area contributed by atoms with Crippen molar-refractivity contribution in [3.05, 3.63) is 39.7 Å². The lowest BCUT2D eigenvalue weighted by atomic mass is 10.1. The van der Waals surface area contributed by atoms with Gasteiger partial charge in [-0.05, 0) is 12.1 Å². The van der Waals surface area contributed by atoms with Crippen LogP contribution >= 0.6 is 0 Å². The maximum Gasteiger partial charge on any atom is 0.314 e. The summed E-state index contributed by atoms with van der Waals surface area (Å²) < 4.78 is 12.9. The predicted octanol–water partition coefficient (Wildman–Crippen LogP) is 0.938. The number of hydrogen-bond donors (Lipinski definition) is 2. The molecule has 84 valence electrons. The number of nitro benzene ring substituents is 1. The fourth-order valence-corrected chi connectivity index (χ4v) is 1.04. The number of nitrogens with two attached hydrogens (primary N) is 1. The van der Waals surface area contributed by atoms with Crippen LogP contribution in [0.3, 0.4) is 0 Å². The van der Waals surface area contributed by atoms with Crippen LogP contribution in [0.5, 0.6) is 5.75 Å². The van der Waals surface area contributed by atoms with E-state index in [0.717, 1.165) is 18.2 Å². The highest BCUT2D eigenvalue weighted by atomic mass is 19.1. The highest BCUT2D eigenvalue weighted by Gasteiger charge is 2.17. The Kier molecular flexibility index (Phi) is 3.19. The van der Waals surface area contributed by atoms with Crippen molar-refractivity contribution < 1.29 is 19.2 Å². The molecule has 0 heterocycles. The van der Waals surface area contributed by atoms with Crippen LogP contribution in [0.25, 0.3) is 6.08 Å². The molecule has 3 N–H and O–H groups in total. The minimum absolute atomic E-state index is 0.189. The number of rotatable bonds is 3. The van der Waals surface area contributed by atoms with Gasteiger partial charge in [-0.1, -0.05) is 0 Å². The Morgan fingerprint density at radius 2 is 2.19 bits per heavy atom.